The number of hydrogen-bond donors (Lipinski definition) is 8. The molecule has 23 heteroatoms. The first-order valence-electron chi connectivity index (χ1n) is 14.4. The lowest BCUT2D eigenvalue weighted by molar-refractivity contribution is -0.151. The lowest BCUT2D eigenvalue weighted by atomic mass is 10.0. The van der Waals surface area contributed by atoms with E-state index >= 15 is 0 Å². The quantitative estimate of drug-likeness (QED) is 0.0621. The Bertz CT molecular complexity index is 1960. The van der Waals surface area contributed by atoms with E-state index in [1.165, 1.54) is 40.9 Å². The van der Waals surface area contributed by atoms with Crippen molar-refractivity contribution < 1.29 is 44.4 Å². The molecule has 50 heavy (non-hydrogen) atoms. The molecule has 8 N–H and O–H groups in total. The van der Waals surface area contributed by atoms with E-state index in [0.717, 1.165) is 28.0 Å². The van der Waals surface area contributed by atoms with Crippen LogP contribution in [-0.4, -0.2) is 134 Å². The van der Waals surface area contributed by atoms with Crippen molar-refractivity contribution in [2.75, 3.05) is 37.8 Å². The maximum atomic E-state index is 13.5. The van der Waals surface area contributed by atoms with E-state index < -0.39 is 64.0 Å². The zero-order chi connectivity index (χ0) is 36.1. The van der Waals surface area contributed by atoms with E-state index in [-0.39, 0.29) is 59.8 Å². The van der Waals surface area contributed by atoms with E-state index in [4.69, 9.17) is 0 Å². The Kier molecular flexibility index (Phi) is 11.3. The van der Waals surface area contributed by atoms with Gasteiger partial charge in [0.2, 0.25) is 16.6 Å². The van der Waals surface area contributed by atoms with Crippen molar-refractivity contribution in [3.8, 4) is 5.75 Å². The number of phenols is 1. The largest absolute Gasteiger partial charge is 0.508 e. The first kappa shape index (κ1) is 36.2. The van der Waals surface area contributed by atoms with Crippen LogP contribution in [0.2, 0.25) is 0 Å². The number of aliphatic carboxylic acids is 1. The number of hydrogen-bond acceptors (Lipinski definition) is 16. The number of carboxylic acid groups (broad SMARTS) is 1. The second kappa shape index (κ2) is 15.6. The van der Waals surface area contributed by atoms with Gasteiger partial charge in [-0.15, -0.1) is 22.0 Å². The number of nitrogens with one attached hydrogen (secondary N) is 4. The molecule has 0 bridgehead atoms. The number of aromatic hydroxyl groups is 1. The van der Waals surface area contributed by atoms with Gasteiger partial charge < -0.3 is 36.0 Å². The number of nitrogens with zero attached hydrogens (tertiary/aromatic N) is 5. The normalized spacial score (nSPS) is 17.4. The first-order valence-corrected chi connectivity index (χ1v) is 17.2. The Labute approximate surface area is 292 Å². The van der Waals surface area contributed by atoms with Crippen molar-refractivity contribution in [2.24, 2.45) is 0 Å². The molecule has 3 atom stereocenters. The summed E-state index contributed by atoms with van der Waals surface area (Å²) in [5.74, 6) is -4.60. The van der Waals surface area contributed by atoms with Crippen LogP contribution in [0.15, 0.2) is 49.5 Å². The van der Waals surface area contributed by atoms with Crippen LogP contribution in [0.1, 0.15) is 31.9 Å². The molecule has 5 rings (SSSR count). The van der Waals surface area contributed by atoms with E-state index in [1.807, 2.05) is 10.1 Å². The zero-order valence-corrected chi connectivity index (χ0v) is 27.8. The Balaban J connectivity index is 1.29. The van der Waals surface area contributed by atoms with Crippen LogP contribution in [0.3, 0.4) is 0 Å². The molecule has 264 valence electrons. The SMILES string of the molecule is O=C(O)C1=C(CSc2nnc(C(=O)N(CCO)CCO)s2)CS[C@H]2C(NC(=O)C(NC(=O)c3n[nH]c(=O)[nH]c3=O)c3ccc(O)cc3)C(=O)N12. The summed E-state index contributed by atoms with van der Waals surface area (Å²) in [6.45, 7) is -0.655. The molecule has 0 saturated carbocycles. The lowest BCUT2D eigenvalue weighted by Gasteiger charge is -2.49. The lowest BCUT2D eigenvalue weighted by Crippen LogP contribution is -2.71. The number of aliphatic hydroxyl groups excluding tert-OH is 2. The molecule has 20 nitrogen and oxygen atoms in total. The summed E-state index contributed by atoms with van der Waals surface area (Å²) in [4.78, 5) is 92.3. The smallest absolute Gasteiger partial charge is 0.352 e. The second-order valence-electron chi connectivity index (χ2n) is 10.4. The van der Waals surface area contributed by atoms with Gasteiger partial charge >= 0.3 is 11.7 Å². The number of carboxylic acids is 1. The summed E-state index contributed by atoms with van der Waals surface area (Å²) in [6, 6.07) is 2.42. The maximum absolute atomic E-state index is 13.5. The highest BCUT2D eigenvalue weighted by atomic mass is 32.2. The Morgan fingerprint density at radius 2 is 1.78 bits per heavy atom. The summed E-state index contributed by atoms with van der Waals surface area (Å²) in [5.41, 5.74) is -2.59. The number of carbonyl (C=O) groups excluding carboxylic acids is 4. The van der Waals surface area contributed by atoms with Crippen molar-refractivity contribution >= 4 is 64.5 Å². The molecule has 0 aliphatic carbocycles. The van der Waals surface area contributed by atoms with Gasteiger partial charge in [-0.3, -0.25) is 33.9 Å². The van der Waals surface area contributed by atoms with Crippen molar-refractivity contribution in [2.45, 2.75) is 21.8 Å². The fraction of sp³-hybridized carbons (Fsp3) is 0.333. The predicted molar refractivity (Wildman–Crippen MR) is 174 cm³/mol. The minimum Gasteiger partial charge on any atom is -0.508 e. The summed E-state index contributed by atoms with van der Waals surface area (Å²) >= 11 is 3.23. The Hall–Kier alpha value is -5.10. The number of rotatable bonds is 14. The van der Waals surface area contributed by atoms with Crippen LogP contribution in [0.5, 0.6) is 5.75 Å². The Morgan fingerprint density at radius 3 is 2.42 bits per heavy atom. The number of fused-ring (bicyclic) bond motifs is 1. The van der Waals surface area contributed by atoms with Crippen LogP contribution < -0.4 is 21.9 Å². The van der Waals surface area contributed by atoms with Crippen LogP contribution in [0, 0.1) is 0 Å². The van der Waals surface area contributed by atoms with Gasteiger partial charge in [0.1, 0.15) is 28.9 Å². The predicted octanol–water partition coefficient (Wildman–Crippen LogP) is -2.56. The summed E-state index contributed by atoms with van der Waals surface area (Å²) < 4.78 is 0.340. The van der Waals surface area contributed by atoms with E-state index in [1.54, 1.807) is 0 Å². The van der Waals surface area contributed by atoms with Crippen molar-refractivity contribution in [3.05, 3.63) is 72.6 Å². The highest BCUT2D eigenvalue weighted by Crippen LogP contribution is 2.42. The van der Waals surface area contributed by atoms with Gasteiger partial charge in [-0.1, -0.05) is 35.2 Å². The topological polar surface area (TPSA) is 301 Å². The number of H-pyrrole nitrogens is 2. The minimum absolute atomic E-state index is 0.0124. The van der Waals surface area contributed by atoms with Crippen LogP contribution in [-0.2, 0) is 14.4 Å². The molecule has 1 saturated heterocycles. The zero-order valence-electron chi connectivity index (χ0n) is 25.4. The average Bonchev–Trinajstić information content (AvgIpc) is 3.57. The third-order valence-electron chi connectivity index (χ3n) is 7.22. The third kappa shape index (κ3) is 7.70. The van der Waals surface area contributed by atoms with Crippen molar-refractivity contribution in [1.82, 2.24) is 45.8 Å². The standard InChI is InChI=1S/C27H27N9O11S3/c37-7-5-35(6-8-38)23(44)21-32-34-27(50-21)49-10-12-9-48-24-16(22(43)36(24)17(12)25(45)46)29-18(40)14(11-1-3-13(39)4-2-11)28-19(41)15-20(42)30-26(47)33-31-15/h1-4,14,16,24,37-39H,5-10H2,(H,28,41)(H,29,40)(H,45,46)(H2,30,33,42,47)/t14?,16?,24-/m0/s1. The third-order valence-corrected chi connectivity index (χ3v) is 10.7. The van der Waals surface area contributed by atoms with Gasteiger partial charge in [0.25, 0.3) is 23.3 Å². The van der Waals surface area contributed by atoms with Gasteiger partial charge in [-0.2, -0.15) is 5.10 Å². The molecule has 1 fully saturated rings. The molecular formula is C27H27N9O11S3. The number of benzene rings is 1. The van der Waals surface area contributed by atoms with Crippen LogP contribution in [0.25, 0.3) is 0 Å². The molecule has 4 amide bonds. The van der Waals surface area contributed by atoms with Gasteiger partial charge in [0.05, 0.1) is 13.2 Å². The number of aliphatic hydroxyl groups is 2. The number of β-lactam (4-membered cyclic amide) rings is 1. The number of aromatic amines is 2. The molecule has 3 aromatic rings. The van der Waals surface area contributed by atoms with E-state index in [9.17, 15) is 54.0 Å². The molecule has 2 aliphatic heterocycles. The minimum atomic E-state index is -1.52. The highest BCUT2D eigenvalue weighted by Gasteiger charge is 2.54. The summed E-state index contributed by atoms with van der Waals surface area (Å²) in [6.07, 6.45) is 0. The molecule has 2 aliphatic rings. The number of carbonyl (C=O) groups is 5. The van der Waals surface area contributed by atoms with Crippen molar-refractivity contribution in [1.29, 1.82) is 0 Å². The fourth-order valence-electron chi connectivity index (χ4n) is 4.89. The first-order chi connectivity index (χ1) is 23.9. The Morgan fingerprint density at radius 1 is 1.08 bits per heavy atom. The van der Waals surface area contributed by atoms with Crippen LogP contribution in [0.4, 0.5) is 0 Å². The molecule has 1 aromatic carbocycles. The second-order valence-corrected chi connectivity index (χ2v) is 13.7. The monoisotopic (exact) mass is 749 g/mol. The molecule has 2 unspecified atom stereocenters. The van der Waals surface area contributed by atoms with Crippen molar-refractivity contribution in [3.63, 3.8) is 0 Å². The number of amides is 4. The average molecular weight is 750 g/mol. The molecule has 0 spiro atoms. The molecule has 0 radical (unpaired) electrons. The van der Waals surface area contributed by atoms with Gasteiger partial charge in [0.15, 0.2) is 4.34 Å². The van der Waals surface area contributed by atoms with E-state index in [0.29, 0.717) is 9.91 Å². The fourth-order valence-corrected chi connectivity index (χ4v) is 8.20. The highest BCUT2D eigenvalue weighted by molar-refractivity contribution is 8.01. The number of aromatic nitrogens is 5. The van der Waals surface area contributed by atoms with Gasteiger partial charge in [-0.25, -0.2) is 14.7 Å². The maximum Gasteiger partial charge on any atom is 0.352 e. The molecule has 4 heterocycles. The summed E-state index contributed by atoms with van der Waals surface area (Å²) in [7, 11) is 0. The number of thioether (sulfide) groups is 2. The number of phenolic OH excluding ortho intramolecular Hbond substituents is 1. The van der Waals surface area contributed by atoms with Gasteiger partial charge in [-0.05, 0) is 23.3 Å². The van der Waals surface area contributed by atoms with E-state index in [2.05, 4.69) is 25.9 Å². The summed E-state index contributed by atoms with van der Waals surface area (Å²) in [5, 5.41) is 55.4. The molecular weight excluding hydrogens is 723 g/mol. The van der Waals surface area contributed by atoms with Gasteiger partial charge in [0, 0.05) is 24.6 Å². The van der Waals surface area contributed by atoms with Crippen LogP contribution >= 0.6 is 34.9 Å². The molecule has 2 aromatic heterocycles.